The molecule has 0 fully saturated rings. The molecule has 2 heterocycles. The van der Waals surface area contributed by atoms with Crippen molar-refractivity contribution in [3.05, 3.63) is 70.5 Å². The van der Waals surface area contributed by atoms with E-state index in [1.807, 2.05) is 31.2 Å². The summed E-state index contributed by atoms with van der Waals surface area (Å²) in [6.45, 7) is 2.54. The Morgan fingerprint density at radius 2 is 1.86 bits per heavy atom. The van der Waals surface area contributed by atoms with Crippen LogP contribution in [0.15, 0.2) is 53.8 Å². The van der Waals surface area contributed by atoms with Gasteiger partial charge < -0.3 is 0 Å². The van der Waals surface area contributed by atoms with Gasteiger partial charge in [-0.05, 0) is 37.3 Å². The highest BCUT2D eigenvalue weighted by atomic mass is 16.1. The Morgan fingerprint density at radius 3 is 2.62 bits per heavy atom. The van der Waals surface area contributed by atoms with Crippen molar-refractivity contribution in [1.29, 1.82) is 0 Å². The van der Waals surface area contributed by atoms with Crippen molar-refractivity contribution in [2.24, 2.45) is 0 Å². The summed E-state index contributed by atoms with van der Waals surface area (Å²) in [5.41, 5.74) is 2.39. The van der Waals surface area contributed by atoms with Crippen LogP contribution in [0.5, 0.6) is 0 Å². The summed E-state index contributed by atoms with van der Waals surface area (Å²) in [5.74, 6) is 6.14. The molecule has 102 valence electrons. The van der Waals surface area contributed by atoms with E-state index in [1.54, 1.807) is 29.4 Å². The largest absolute Gasteiger partial charge is 0.299 e. The molecule has 3 rings (SSSR count). The van der Waals surface area contributed by atoms with Gasteiger partial charge in [-0.15, -0.1) is 0 Å². The maximum absolute atomic E-state index is 12.1. The first-order valence-corrected chi connectivity index (χ1v) is 6.69. The van der Waals surface area contributed by atoms with Crippen molar-refractivity contribution in [2.75, 3.05) is 0 Å². The van der Waals surface area contributed by atoms with Crippen molar-refractivity contribution in [2.45, 2.75) is 13.5 Å². The summed E-state index contributed by atoms with van der Waals surface area (Å²) in [4.78, 5) is 20.4. The number of rotatable bonds is 1. The molecule has 0 saturated heterocycles. The fraction of sp³-hybridized carbons (Fsp3) is 0.118. The fourth-order valence-corrected chi connectivity index (χ4v) is 2.04. The molecule has 2 aromatic heterocycles. The summed E-state index contributed by atoms with van der Waals surface area (Å²) < 4.78 is 1.59. The molecule has 0 saturated carbocycles. The molecule has 0 bridgehead atoms. The molecule has 0 aliphatic rings. The van der Waals surface area contributed by atoms with Gasteiger partial charge in [-0.2, -0.15) is 0 Å². The van der Waals surface area contributed by atoms with Crippen LogP contribution in [-0.4, -0.2) is 14.5 Å². The lowest BCUT2D eigenvalue weighted by atomic mass is 10.1. The predicted octanol–water partition coefficient (Wildman–Crippen LogP) is 2.21. The minimum Gasteiger partial charge on any atom is -0.299 e. The first kappa shape index (κ1) is 13.1. The summed E-state index contributed by atoms with van der Waals surface area (Å²) in [7, 11) is 0. The van der Waals surface area contributed by atoms with Crippen LogP contribution in [0.4, 0.5) is 0 Å². The third-order valence-electron chi connectivity index (χ3n) is 3.20. The molecule has 4 nitrogen and oxygen atoms in total. The van der Waals surface area contributed by atoms with Crippen molar-refractivity contribution >= 4 is 10.9 Å². The third kappa shape index (κ3) is 2.67. The number of hydrogen-bond donors (Lipinski definition) is 0. The summed E-state index contributed by atoms with van der Waals surface area (Å²) in [6, 6.07) is 9.18. The highest BCUT2D eigenvalue weighted by Gasteiger charge is 2.03. The van der Waals surface area contributed by atoms with Gasteiger partial charge in [-0.1, -0.05) is 11.8 Å². The molecule has 1 aromatic carbocycles. The number of fused-ring (bicyclic) bond motifs is 1. The predicted molar refractivity (Wildman–Crippen MR) is 81.9 cm³/mol. The van der Waals surface area contributed by atoms with Crippen LogP contribution in [-0.2, 0) is 6.54 Å². The second-order valence-electron chi connectivity index (χ2n) is 4.55. The highest BCUT2D eigenvalue weighted by molar-refractivity contribution is 5.79. The number of nitrogens with zero attached hydrogens (tertiary/aromatic N) is 3. The maximum atomic E-state index is 12.1. The molecule has 21 heavy (non-hydrogen) atoms. The molecule has 0 atom stereocenters. The minimum atomic E-state index is -0.0175. The molecule has 3 aromatic rings. The number of aromatic nitrogens is 3. The summed E-state index contributed by atoms with van der Waals surface area (Å²) in [5, 5.41) is 0.619. The Hall–Kier alpha value is -2.93. The number of aryl methyl sites for hydroxylation is 1. The molecule has 0 N–H and O–H groups in total. The van der Waals surface area contributed by atoms with E-state index in [4.69, 9.17) is 0 Å². The Labute approximate surface area is 122 Å². The van der Waals surface area contributed by atoms with E-state index >= 15 is 0 Å². The van der Waals surface area contributed by atoms with E-state index in [0.29, 0.717) is 17.4 Å². The zero-order valence-corrected chi connectivity index (χ0v) is 11.6. The van der Waals surface area contributed by atoms with Crippen LogP contribution in [0.3, 0.4) is 0 Å². The Morgan fingerprint density at radius 1 is 1.10 bits per heavy atom. The van der Waals surface area contributed by atoms with Crippen molar-refractivity contribution in [3.8, 4) is 11.8 Å². The maximum Gasteiger partial charge on any atom is 0.261 e. The van der Waals surface area contributed by atoms with Gasteiger partial charge in [0.2, 0.25) is 0 Å². The number of benzene rings is 1. The lowest BCUT2D eigenvalue weighted by Gasteiger charge is -2.03. The van der Waals surface area contributed by atoms with Crippen LogP contribution in [0.1, 0.15) is 18.1 Å². The van der Waals surface area contributed by atoms with Gasteiger partial charge in [-0.3, -0.25) is 14.3 Å². The van der Waals surface area contributed by atoms with Crippen molar-refractivity contribution in [1.82, 2.24) is 14.5 Å². The van der Waals surface area contributed by atoms with E-state index in [9.17, 15) is 4.79 Å². The second kappa shape index (κ2) is 5.59. The quantitative estimate of drug-likeness (QED) is 0.640. The Kier molecular flexibility index (Phi) is 3.48. The van der Waals surface area contributed by atoms with E-state index in [2.05, 4.69) is 21.8 Å². The van der Waals surface area contributed by atoms with Crippen LogP contribution >= 0.6 is 0 Å². The molecule has 0 aliphatic heterocycles. The first-order chi connectivity index (χ1) is 10.3. The lowest BCUT2D eigenvalue weighted by molar-refractivity contribution is 0.717. The zero-order chi connectivity index (χ0) is 14.7. The summed E-state index contributed by atoms with van der Waals surface area (Å²) in [6.07, 6.45) is 4.99. The van der Waals surface area contributed by atoms with Crippen LogP contribution in [0, 0.1) is 11.8 Å². The molecule has 0 spiro atoms. The third-order valence-corrected chi connectivity index (χ3v) is 3.20. The zero-order valence-electron chi connectivity index (χ0n) is 11.6. The highest BCUT2D eigenvalue weighted by Crippen LogP contribution is 2.09. The Balaban J connectivity index is 2.03. The van der Waals surface area contributed by atoms with E-state index in [1.165, 1.54) is 0 Å². The van der Waals surface area contributed by atoms with Gasteiger partial charge in [0.25, 0.3) is 5.56 Å². The number of hydrogen-bond acceptors (Lipinski definition) is 3. The molecule has 0 amide bonds. The van der Waals surface area contributed by atoms with Gasteiger partial charge in [-0.25, -0.2) is 4.98 Å². The standard InChI is InChI=1S/C17H13N3O/c1-2-20-12-19-16-11-14(5-6-15(16)17(20)21)4-3-13-7-9-18-10-8-13/h5-12H,2H2,1H3. The minimum absolute atomic E-state index is 0.0175. The molecule has 0 radical (unpaired) electrons. The SMILES string of the molecule is CCn1cnc2cc(C#Cc3ccncc3)ccc2c1=O. The van der Waals surface area contributed by atoms with Gasteiger partial charge in [0.1, 0.15) is 0 Å². The molecular weight excluding hydrogens is 262 g/mol. The van der Waals surface area contributed by atoms with Gasteiger partial charge in [0, 0.05) is 30.1 Å². The van der Waals surface area contributed by atoms with E-state index < -0.39 is 0 Å². The van der Waals surface area contributed by atoms with Crippen LogP contribution < -0.4 is 5.56 Å². The molecule has 4 heteroatoms. The Bertz CT molecular complexity index is 902. The van der Waals surface area contributed by atoms with Crippen molar-refractivity contribution < 1.29 is 0 Å². The second-order valence-corrected chi connectivity index (χ2v) is 4.55. The molecule has 0 aliphatic carbocycles. The number of pyridine rings is 1. The smallest absolute Gasteiger partial charge is 0.261 e. The average Bonchev–Trinajstić information content (AvgIpc) is 2.54. The molecule has 0 unspecified atom stereocenters. The topological polar surface area (TPSA) is 47.8 Å². The van der Waals surface area contributed by atoms with Gasteiger partial charge in [0.05, 0.1) is 17.2 Å². The van der Waals surface area contributed by atoms with Gasteiger partial charge >= 0.3 is 0 Å². The van der Waals surface area contributed by atoms with Crippen LogP contribution in [0.2, 0.25) is 0 Å². The fourth-order valence-electron chi connectivity index (χ4n) is 2.04. The van der Waals surface area contributed by atoms with Crippen LogP contribution in [0.25, 0.3) is 10.9 Å². The van der Waals surface area contributed by atoms with E-state index in [0.717, 1.165) is 11.1 Å². The van der Waals surface area contributed by atoms with E-state index in [-0.39, 0.29) is 5.56 Å². The van der Waals surface area contributed by atoms with Crippen molar-refractivity contribution in [3.63, 3.8) is 0 Å². The lowest BCUT2D eigenvalue weighted by Crippen LogP contribution is -2.19. The normalized spacial score (nSPS) is 10.1. The monoisotopic (exact) mass is 275 g/mol. The molecular formula is C17H13N3O. The summed E-state index contributed by atoms with van der Waals surface area (Å²) >= 11 is 0. The first-order valence-electron chi connectivity index (χ1n) is 6.69. The van der Waals surface area contributed by atoms with Gasteiger partial charge in [0.15, 0.2) is 0 Å². The average molecular weight is 275 g/mol.